The van der Waals surface area contributed by atoms with Gasteiger partial charge in [-0.15, -0.1) is 0 Å². The Hall–Kier alpha value is -2.15. The smallest absolute Gasteiger partial charge is 0.218 e. The van der Waals surface area contributed by atoms with Crippen LogP contribution in [0.5, 0.6) is 5.88 Å². The van der Waals surface area contributed by atoms with Gasteiger partial charge in [0, 0.05) is 43.7 Å². The summed E-state index contributed by atoms with van der Waals surface area (Å²) < 4.78 is 10.6. The van der Waals surface area contributed by atoms with Crippen LogP contribution in [-0.2, 0) is 19.4 Å². The number of hydrogen-bond donors (Lipinski definition) is 1. The minimum atomic E-state index is 0.434. The summed E-state index contributed by atoms with van der Waals surface area (Å²) in [5.41, 5.74) is 2.51. The molecule has 0 unspecified atom stereocenters. The predicted octanol–water partition coefficient (Wildman–Crippen LogP) is 2.04. The lowest BCUT2D eigenvalue weighted by Gasteiger charge is -2.32. The monoisotopic (exact) mass is 329 g/mol. The van der Waals surface area contributed by atoms with Gasteiger partial charge in [0.05, 0.1) is 7.11 Å². The Morgan fingerprint density at radius 2 is 2.17 bits per heavy atom. The zero-order valence-corrected chi connectivity index (χ0v) is 14.0. The van der Waals surface area contributed by atoms with Crippen LogP contribution in [-0.4, -0.2) is 46.3 Å². The number of likely N-dealkylation sites (tertiary alicyclic amines) is 1. The molecule has 0 bridgehead atoms. The molecule has 1 fully saturated rings. The van der Waals surface area contributed by atoms with Gasteiger partial charge in [-0.05, 0) is 25.7 Å². The largest absolute Gasteiger partial charge is 0.481 e. The molecule has 24 heavy (non-hydrogen) atoms. The van der Waals surface area contributed by atoms with E-state index in [9.17, 15) is 0 Å². The number of piperidine rings is 1. The molecule has 0 spiro atoms. The molecule has 0 atom stereocenters. The van der Waals surface area contributed by atoms with Gasteiger partial charge in [0.1, 0.15) is 23.6 Å². The zero-order valence-electron chi connectivity index (χ0n) is 14.0. The van der Waals surface area contributed by atoms with Crippen LogP contribution < -0.4 is 10.1 Å². The van der Waals surface area contributed by atoms with Crippen molar-refractivity contribution in [1.29, 1.82) is 0 Å². The van der Waals surface area contributed by atoms with Gasteiger partial charge < -0.3 is 14.6 Å². The third-order valence-electron chi connectivity index (χ3n) is 4.95. The molecule has 0 saturated carbocycles. The van der Waals surface area contributed by atoms with Crippen molar-refractivity contribution in [3.63, 3.8) is 0 Å². The molecule has 1 aliphatic heterocycles. The first-order valence-electron chi connectivity index (χ1n) is 8.63. The second-order valence-corrected chi connectivity index (χ2v) is 6.52. The van der Waals surface area contributed by atoms with E-state index in [0.29, 0.717) is 11.9 Å². The molecule has 2 aromatic rings. The SMILES string of the molecule is COc1cc(NC2CCN(Cc3noc4c3CCC4)CC2)ncn1. The third kappa shape index (κ3) is 3.21. The van der Waals surface area contributed by atoms with Crippen LogP contribution in [0.15, 0.2) is 16.9 Å². The number of ether oxygens (including phenoxy) is 1. The van der Waals surface area contributed by atoms with E-state index in [1.165, 1.54) is 18.3 Å². The normalized spacial score (nSPS) is 18.5. The van der Waals surface area contributed by atoms with Crippen LogP contribution in [0, 0.1) is 0 Å². The molecule has 0 amide bonds. The summed E-state index contributed by atoms with van der Waals surface area (Å²) in [5.74, 6) is 2.53. The summed E-state index contributed by atoms with van der Waals surface area (Å²) in [6, 6.07) is 2.27. The quantitative estimate of drug-likeness (QED) is 0.899. The van der Waals surface area contributed by atoms with Crippen molar-refractivity contribution in [2.45, 2.75) is 44.7 Å². The van der Waals surface area contributed by atoms with E-state index in [-0.39, 0.29) is 0 Å². The van der Waals surface area contributed by atoms with E-state index >= 15 is 0 Å². The minimum Gasteiger partial charge on any atom is -0.481 e. The highest BCUT2D eigenvalue weighted by Gasteiger charge is 2.25. The molecule has 0 radical (unpaired) electrons. The Morgan fingerprint density at radius 3 is 3.00 bits per heavy atom. The zero-order chi connectivity index (χ0) is 16.4. The summed E-state index contributed by atoms with van der Waals surface area (Å²) in [6.07, 6.45) is 7.09. The summed E-state index contributed by atoms with van der Waals surface area (Å²) in [6.45, 7) is 3.02. The fraction of sp³-hybridized carbons (Fsp3) is 0.588. The van der Waals surface area contributed by atoms with Gasteiger partial charge in [0.15, 0.2) is 0 Å². The maximum atomic E-state index is 5.46. The lowest BCUT2D eigenvalue weighted by molar-refractivity contribution is 0.205. The number of anilines is 1. The Labute approximate surface area is 141 Å². The van der Waals surface area contributed by atoms with Crippen LogP contribution in [0.3, 0.4) is 0 Å². The van der Waals surface area contributed by atoms with E-state index in [4.69, 9.17) is 9.26 Å². The minimum absolute atomic E-state index is 0.434. The molecule has 1 aliphatic carbocycles. The fourth-order valence-electron chi connectivity index (χ4n) is 3.60. The van der Waals surface area contributed by atoms with Gasteiger partial charge >= 0.3 is 0 Å². The van der Waals surface area contributed by atoms with Crippen molar-refractivity contribution in [3.05, 3.63) is 29.4 Å². The van der Waals surface area contributed by atoms with E-state index in [1.807, 2.05) is 6.07 Å². The van der Waals surface area contributed by atoms with Crippen LogP contribution >= 0.6 is 0 Å². The standard InChI is InChI=1S/C17H23N5O2/c1-23-17-9-16(18-11-19-17)20-12-5-7-22(8-6-12)10-14-13-3-2-4-15(13)24-21-14/h9,11-12H,2-8,10H2,1H3,(H,18,19,20). The van der Waals surface area contributed by atoms with Crippen molar-refractivity contribution in [3.8, 4) is 5.88 Å². The van der Waals surface area contributed by atoms with Gasteiger partial charge in [-0.2, -0.15) is 0 Å². The van der Waals surface area contributed by atoms with Gasteiger partial charge in [-0.25, -0.2) is 9.97 Å². The molecule has 1 saturated heterocycles. The molecule has 1 N–H and O–H groups in total. The van der Waals surface area contributed by atoms with E-state index in [0.717, 1.165) is 62.6 Å². The lowest BCUT2D eigenvalue weighted by atomic mass is 10.0. The first-order chi connectivity index (χ1) is 11.8. The van der Waals surface area contributed by atoms with Crippen molar-refractivity contribution in [2.75, 3.05) is 25.5 Å². The topological polar surface area (TPSA) is 76.3 Å². The first-order valence-corrected chi connectivity index (χ1v) is 8.63. The van der Waals surface area contributed by atoms with Crippen LogP contribution in [0.4, 0.5) is 5.82 Å². The fourth-order valence-corrected chi connectivity index (χ4v) is 3.60. The number of fused-ring (bicyclic) bond motifs is 1. The van der Waals surface area contributed by atoms with Gasteiger partial charge in [0.2, 0.25) is 5.88 Å². The second kappa shape index (κ2) is 6.76. The highest BCUT2D eigenvalue weighted by Crippen LogP contribution is 2.26. The van der Waals surface area contributed by atoms with Gasteiger partial charge in [0.25, 0.3) is 0 Å². The highest BCUT2D eigenvalue weighted by atomic mass is 16.5. The molecule has 2 aliphatic rings. The first kappa shape index (κ1) is 15.4. The molecule has 3 heterocycles. The van der Waals surface area contributed by atoms with Crippen molar-refractivity contribution < 1.29 is 9.26 Å². The third-order valence-corrected chi connectivity index (χ3v) is 4.95. The molecular formula is C17H23N5O2. The van der Waals surface area contributed by atoms with Crippen LogP contribution in [0.1, 0.15) is 36.3 Å². The maximum Gasteiger partial charge on any atom is 0.218 e. The van der Waals surface area contributed by atoms with Crippen molar-refractivity contribution >= 4 is 5.82 Å². The van der Waals surface area contributed by atoms with E-state index in [2.05, 4.69) is 25.3 Å². The van der Waals surface area contributed by atoms with Gasteiger partial charge in [-0.1, -0.05) is 5.16 Å². The number of nitrogens with one attached hydrogen (secondary N) is 1. The second-order valence-electron chi connectivity index (χ2n) is 6.52. The Bertz CT molecular complexity index is 694. The van der Waals surface area contributed by atoms with Gasteiger partial charge in [-0.3, -0.25) is 4.90 Å². The van der Waals surface area contributed by atoms with E-state index in [1.54, 1.807) is 7.11 Å². The van der Waals surface area contributed by atoms with E-state index < -0.39 is 0 Å². The molecule has 7 nitrogen and oxygen atoms in total. The Kier molecular flexibility index (Phi) is 4.34. The molecule has 7 heteroatoms. The molecular weight excluding hydrogens is 306 g/mol. The molecule has 128 valence electrons. The maximum absolute atomic E-state index is 5.46. The van der Waals surface area contributed by atoms with Crippen LogP contribution in [0.25, 0.3) is 0 Å². The summed E-state index contributed by atoms with van der Waals surface area (Å²) in [7, 11) is 1.62. The number of rotatable bonds is 5. The number of aromatic nitrogens is 3. The summed E-state index contributed by atoms with van der Waals surface area (Å²) in [4.78, 5) is 10.8. The highest BCUT2D eigenvalue weighted by molar-refractivity contribution is 5.38. The molecule has 0 aromatic carbocycles. The van der Waals surface area contributed by atoms with Crippen molar-refractivity contribution in [2.24, 2.45) is 0 Å². The molecule has 2 aromatic heterocycles. The Morgan fingerprint density at radius 1 is 1.29 bits per heavy atom. The Balaban J connectivity index is 1.30. The van der Waals surface area contributed by atoms with Crippen molar-refractivity contribution in [1.82, 2.24) is 20.0 Å². The average molecular weight is 329 g/mol. The number of hydrogen-bond acceptors (Lipinski definition) is 7. The summed E-state index contributed by atoms with van der Waals surface area (Å²) in [5, 5.41) is 7.76. The van der Waals surface area contributed by atoms with Crippen LogP contribution in [0.2, 0.25) is 0 Å². The lowest BCUT2D eigenvalue weighted by Crippen LogP contribution is -2.39. The number of aryl methyl sites for hydroxylation is 1. The average Bonchev–Trinajstić information content (AvgIpc) is 3.22. The number of methoxy groups -OCH3 is 1. The molecule has 4 rings (SSSR count). The number of nitrogens with zero attached hydrogens (tertiary/aromatic N) is 4. The predicted molar refractivity (Wildman–Crippen MR) is 89.0 cm³/mol. The summed E-state index contributed by atoms with van der Waals surface area (Å²) >= 11 is 0.